The van der Waals surface area contributed by atoms with Gasteiger partial charge in [-0.2, -0.15) is 0 Å². The van der Waals surface area contributed by atoms with Gasteiger partial charge in [0, 0.05) is 35.2 Å². The molecule has 0 radical (unpaired) electrons. The Morgan fingerprint density at radius 1 is 1.48 bits per heavy atom. The van der Waals surface area contributed by atoms with Crippen LogP contribution in [0.4, 0.5) is 5.69 Å². The molecule has 1 heterocycles. The molecule has 0 saturated carbocycles. The zero-order valence-electron chi connectivity index (χ0n) is 11.9. The molecular weight excluding hydrogens is 356 g/mol. The van der Waals surface area contributed by atoms with Gasteiger partial charge in [-0.3, -0.25) is 4.79 Å². The highest BCUT2D eigenvalue weighted by Crippen LogP contribution is 2.26. The van der Waals surface area contributed by atoms with Gasteiger partial charge in [0.1, 0.15) is 0 Å². The van der Waals surface area contributed by atoms with Gasteiger partial charge in [0.2, 0.25) is 10.0 Å². The SMILES string of the molecule is CS(=O)(=O)N1CCCC(CC(=O)c2cc(Br)ccc2N)C1. The van der Waals surface area contributed by atoms with Crippen LogP contribution in [0.25, 0.3) is 0 Å². The Labute approximate surface area is 133 Å². The maximum Gasteiger partial charge on any atom is 0.211 e. The molecule has 1 aliphatic rings. The number of halogens is 1. The lowest BCUT2D eigenvalue weighted by Gasteiger charge is -2.30. The van der Waals surface area contributed by atoms with Crippen LogP contribution < -0.4 is 5.73 Å². The van der Waals surface area contributed by atoms with Crippen LogP contribution in [-0.4, -0.2) is 37.9 Å². The summed E-state index contributed by atoms with van der Waals surface area (Å²) in [6.45, 7) is 0.959. The van der Waals surface area contributed by atoms with Gasteiger partial charge in [0.05, 0.1) is 6.26 Å². The molecule has 0 aliphatic carbocycles. The first-order chi connectivity index (χ1) is 9.77. The fraction of sp³-hybridized carbons (Fsp3) is 0.500. The minimum Gasteiger partial charge on any atom is -0.398 e. The number of sulfonamides is 1. The van der Waals surface area contributed by atoms with Crippen molar-refractivity contribution in [2.75, 3.05) is 25.1 Å². The number of nitrogens with two attached hydrogens (primary N) is 1. The molecule has 1 fully saturated rings. The average Bonchev–Trinajstić information content (AvgIpc) is 2.41. The lowest BCUT2D eigenvalue weighted by molar-refractivity contribution is 0.0943. The molecule has 1 aromatic rings. The second-order valence-corrected chi connectivity index (χ2v) is 8.39. The highest BCUT2D eigenvalue weighted by Gasteiger charge is 2.27. The number of carbonyl (C=O) groups excluding carboxylic acids is 1. The van der Waals surface area contributed by atoms with E-state index < -0.39 is 10.0 Å². The predicted molar refractivity (Wildman–Crippen MR) is 86.6 cm³/mol. The van der Waals surface area contributed by atoms with E-state index in [0.717, 1.165) is 17.3 Å². The van der Waals surface area contributed by atoms with Crippen molar-refractivity contribution >= 4 is 37.4 Å². The van der Waals surface area contributed by atoms with Gasteiger partial charge >= 0.3 is 0 Å². The van der Waals surface area contributed by atoms with E-state index in [1.165, 1.54) is 10.6 Å². The third kappa shape index (κ3) is 4.28. The molecule has 1 saturated heterocycles. The van der Waals surface area contributed by atoms with Crippen LogP contribution >= 0.6 is 15.9 Å². The Morgan fingerprint density at radius 2 is 2.19 bits per heavy atom. The van der Waals surface area contributed by atoms with Crippen molar-refractivity contribution in [2.24, 2.45) is 5.92 Å². The Morgan fingerprint density at radius 3 is 2.86 bits per heavy atom. The predicted octanol–water partition coefficient (Wildman–Crippen LogP) is 2.28. The summed E-state index contributed by atoms with van der Waals surface area (Å²) in [7, 11) is -3.18. The summed E-state index contributed by atoms with van der Waals surface area (Å²) < 4.78 is 25.5. The van der Waals surface area contributed by atoms with Crippen LogP contribution in [-0.2, 0) is 10.0 Å². The number of rotatable bonds is 4. The van der Waals surface area contributed by atoms with E-state index in [1.807, 2.05) is 0 Å². The number of nitrogen functional groups attached to an aromatic ring is 1. The van der Waals surface area contributed by atoms with E-state index >= 15 is 0 Å². The van der Waals surface area contributed by atoms with Gasteiger partial charge in [-0.1, -0.05) is 15.9 Å². The quantitative estimate of drug-likeness (QED) is 0.647. The molecule has 0 aromatic heterocycles. The zero-order valence-corrected chi connectivity index (χ0v) is 14.3. The van der Waals surface area contributed by atoms with Crippen molar-refractivity contribution in [1.82, 2.24) is 4.31 Å². The molecule has 7 heteroatoms. The van der Waals surface area contributed by atoms with E-state index in [9.17, 15) is 13.2 Å². The van der Waals surface area contributed by atoms with Crippen LogP contribution in [0.1, 0.15) is 29.6 Å². The van der Waals surface area contributed by atoms with Gasteiger partial charge < -0.3 is 5.73 Å². The normalized spacial score (nSPS) is 20.4. The zero-order chi connectivity index (χ0) is 15.6. The molecule has 2 N–H and O–H groups in total. The molecule has 5 nitrogen and oxygen atoms in total. The topological polar surface area (TPSA) is 80.5 Å². The molecule has 1 aliphatic heterocycles. The van der Waals surface area contributed by atoms with Crippen LogP contribution in [0.2, 0.25) is 0 Å². The Kier molecular flexibility index (Phi) is 5.06. The van der Waals surface area contributed by atoms with Gasteiger partial charge in [0.25, 0.3) is 0 Å². The number of piperidine rings is 1. The number of anilines is 1. The van der Waals surface area contributed by atoms with E-state index in [-0.39, 0.29) is 11.7 Å². The fourth-order valence-electron chi connectivity index (χ4n) is 2.64. The standard InChI is InChI=1S/C14H19BrN2O3S/c1-21(19,20)17-6-2-3-10(9-17)7-14(18)12-8-11(15)4-5-13(12)16/h4-5,8,10H,2-3,6-7,9,16H2,1H3. The second kappa shape index (κ2) is 6.46. The summed E-state index contributed by atoms with van der Waals surface area (Å²) in [5.41, 5.74) is 6.80. The molecular formula is C14H19BrN2O3S. The van der Waals surface area contributed by atoms with Crippen LogP contribution in [0.15, 0.2) is 22.7 Å². The summed E-state index contributed by atoms with van der Waals surface area (Å²) in [5, 5.41) is 0. The fourth-order valence-corrected chi connectivity index (χ4v) is 3.94. The molecule has 21 heavy (non-hydrogen) atoms. The number of benzene rings is 1. The van der Waals surface area contributed by atoms with Crippen molar-refractivity contribution < 1.29 is 13.2 Å². The molecule has 0 spiro atoms. The molecule has 0 bridgehead atoms. The highest BCUT2D eigenvalue weighted by molar-refractivity contribution is 9.10. The van der Waals surface area contributed by atoms with E-state index in [1.54, 1.807) is 18.2 Å². The van der Waals surface area contributed by atoms with Crippen molar-refractivity contribution in [1.29, 1.82) is 0 Å². The number of hydrogen-bond donors (Lipinski definition) is 1. The minimum absolute atomic E-state index is 0.0332. The number of nitrogens with zero attached hydrogens (tertiary/aromatic N) is 1. The Balaban J connectivity index is 2.07. The number of carbonyl (C=O) groups is 1. The summed E-state index contributed by atoms with van der Waals surface area (Å²) in [5.74, 6) is 0.0218. The lowest BCUT2D eigenvalue weighted by atomic mass is 9.91. The largest absolute Gasteiger partial charge is 0.398 e. The summed E-state index contributed by atoms with van der Waals surface area (Å²) in [6.07, 6.45) is 3.20. The highest BCUT2D eigenvalue weighted by atomic mass is 79.9. The molecule has 0 amide bonds. The summed E-state index contributed by atoms with van der Waals surface area (Å²) in [4.78, 5) is 12.4. The molecule has 116 valence electrons. The Bertz CT molecular complexity index is 646. The Hall–Kier alpha value is -0.920. The monoisotopic (exact) mass is 374 g/mol. The first-order valence-corrected chi connectivity index (χ1v) is 9.45. The van der Waals surface area contributed by atoms with Crippen molar-refractivity contribution in [3.8, 4) is 0 Å². The van der Waals surface area contributed by atoms with Crippen LogP contribution in [0, 0.1) is 5.92 Å². The lowest BCUT2D eigenvalue weighted by Crippen LogP contribution is -2.39. The van der Waals surface area contributed by atoms with E-state index in [0.29, 0.717) is 30.8 Å². The first kappa shape index (κ1) is 16.5. The third-order valence-electron chi connectivity index (χ3n) is 3.74. The third-order valence-corrected chi connectivity index (χ3v) is 5.50. The van der Waals surface area contributed by atoms with Crippen LogP contribution in [0.3, 0.4) is 0 Å². The smallest absolute Gasteiger partial charge is 0.211 e. The van der Waals surface area contributed by atoms with Crippen molar-refractivity contribution in [3.05, 3.63) is 28.2 Å². The number of hydrogen-bond acceptors (Lipinski definition) is 4. The van der Waals surface area contributed by atoms with Crippen molar-refractivity contribution in [2.45, 2.75) is 19.3 Å². The molecule has 1 unspecified atom stereocenters. The van der Waals surface area contributed by atoms with E-state index in [4.69, 9.17) is 5.73 Å². The van der Waals surface area contributed by atoms with Gasteiger partial charge in [0.15, 0.2) is 5.78 Å². The molecule has 2 rings (SSSR count). The average molecular weight is 375 g/mol. The van der Waals surface area contributed by atoms with Gasteiger partial charge in [-0.25, -0.2) is 12.7 Å². The van der Waals surface area contributed by atoms with E-state index in [2.05, 4.69) is 15.9 Å². The van der Waals surface area contributed by atoms with Crippen molar-refractivity contribution in [3.63, 3.8) is 0 Å². The second-order valence-electron chi connectivity index (χ2n) is 5.49. The van der Waals surface area contributed by atoms with Gasteiger partial charge in [-0.15, -0.1) is 0 Å². The number of ketones is 1. The van der Waals surface area contributed by atoms with Crippen LogP contribution in [0.5, 0.6) is 0 Å². The van der Waals surface area contributed by atoms with Gasteiger partial charge in [-0.05, 0) is 37.0 Å². The first-order valence-electron chi connectivity index (χ1n) is 6.80. The minimum atomic E-state index is -3.18. The molecule has 1 atom stereocenters. The summed E-state index contributed by atoms with van der Waals surface area (Å²) in [6, 6.07) is 5.20. The molecule has 1 aromatic carbocycles. The maximum absolute atomic E-state index is 12.4. The summed E-state index contributed by atoms with van der Waals surface area (Å²) >= 11 is 3.33. The maximum atomic E-state index is 12.4. The number of Topliss-reactive ketones (excluding diaryl/α,β-unsaturated/α-hetero) is 1.